The van der Waals surface area contributed by atoms with Gasteiger partial charge < -0.3 is 9.47 Å². The summed E-state index contributed by atoms with van der Waals surface area (Å²) >= 11 is 6.54. The number of hydrogen-bond donors (Lipinski definition) is 0. The van der Waals surface area contributed by atoms with Crippen molar-refractivity contribution in [1.29, 1.82) is 0 Å². The van der Waals surface area contributed by atoms with Gasteiger partial charge in [0.15, 0.2) is 0 Å². The van der Waals surface area contributed by atoms with Gasteiger partial charge in [-0.2, -0.15) is 19.2 Å². The number of esters is 2. The van der Waals surface area contributed by atoms with Crippen LogP contribution in [0.4, 0.5) is 0 Å². The Bertz CT molecular complexity index is 1940. The summed E-state index contributed by atoms with van der Waals surface area (Å²) < 4.78 is 19.1. The van der Waals surface area contributed by atoms with E-state index in [-0.39, 0.29) is 24.2 Å². The summed E-state index contributed by atoms with van der Waals surface area (Å²) in [7, 11) is 0. The maximum absolute atomic E-state index is 13.0. The minimum absolute atomic E-state index is 0.250. The van der Waals surface area contributed by atoms with E-state index in [0.29, 0.717) is 24.3 Å². The van der Waals surface area contributed by atoms with Gasteiger partial charge in [0, 0.05) is 37.6 Å². The quantitative estimate of drug-likeness (QED) is 0.159. The van der Waals surface area contributed by atoms with Gasteiger partial charge in [-0.25, -0.2) is 9.59 Å². The normalized spacial score (nSPS) is 9.92. The van der Waals surface area contributed by atoms with E-state index in [2.05, 4.69) is 74.5 Å². The minimum Gasteiger partial charge on any atom is -0.462 e. The predicted molar refractivity (Wildman–Crippen MR) is 193 cm³/mol. The molecule has 4 aromatic carbocycles. The molecule has 0 fully saturated rings. The van der Waals surface area contributed by atoms with E-state index < -0.39 is 0 Å². The van der Waals surface area contributed by atoms with Crippen molar-refractivity contribution < 1.29 is 38.2 Å². The van der Waals surface area contributed by atoms with E-state index in [9.17, 15) is 9.59 Å². The summed E-state index contributed by atoms with van der Waals surface area (Å²) in [6.45, 7) is 8.53. The van der Waals surface area contributed by atoms with Crippen molar-refractivity contribution >= 4 is 107 Å². The highest BCUT2D eigenvalue weighted by atomic mass is 32.1. The van der Waals surface area contributed by atoms with Gasteiger partial charge >= 0.3 is 24.2 Å². The van der Waals surface area contributed by atoms with Crippen molar-refractivity contribution in [3.05, 3.63) is 95.1 Å². The van der Waals surface area contributed by atoms with Crippen LogP contribution >= 0.6 is 45.3 Å². The third-order valence-electron chi connectivity index (χ3n) is 6.64. The van der Waals surface area contributed by atoms with Crippen molar-refractivity contribution in [2.45, 2.75) is 40.5 Å². The molecule has 0 radical (unpaired) electrons. The molecule has 0 spiro atoms. The molecule has 248 valence electrons. The van der Waals surface area contributed by atoms with Crippen LogP contribution in [0.1, 0.15) is 59.5 Å². The smallest absolute Gasteiger partial charge is 0.373 e. The third-order valence-corrected chi connectivity index (χ3v) is 11.0. The van der Waals surface area contributed by atoms with Gasteiger partial charge in [0.2, 0.25) is 0 Å². The summed E-state index contributed by atoms with van der Waals surface area (Å²) in [5.74, 6) is -0.612. The van der Waals surface area contributed by atoms with Crippen molar-refractivity contribution in [3.8, 4) is 0 Å². The molecule has 0 saturated heterocycles. The first-order valence-corrected chi connectivity index (χ1v) is 18.1. The zero-order valence-electron chi connectivity index (χ0n) is 26.7. The maximum atomic E-state index is 13.0. The molecule has 0 atom stereocenters. The van der Waals surface area contributed by atoms with Crippen molar-refractivity contribution in [1.82, 2.24) is 0 Å². The molecule has 4 aromatic heterocycles. The molecule has 0 N–H and O–H groups in total. The minimum atomic E-state index is -0.306. The fourth-order valence-electron chi connectivity index (χ4n) is 4.52. The van der Waals surface area contributed by atoms with Crippen LogP contribution in [-0.2, 0) is 41.5 Å². The molecule has 0 aliphatic rings. The van der Waals surface area contributed by atoms with Gasteiger partial charge in [-0.05, 0) is 111 Å². The standard InChI is InChI=1S/C34H32O4S4.2CO2/c1-5-21-17-27(33(35)37-7-3)31-19-29(21)39-23-9-11-24(12-10-23)40-30-20-32(42-26-15-13-25(41-31)14-16-26)28(18-22(30)6-2)34(36)38-8-4;2*2-1-3/h9-20H,5-8H2,1-4H3;;. The summed E-state index contributed by atoms with van der Waals surface area (Å²) in [6.07, 6.45) is 2.12. The molecule has 8 rings (SSSR count). The Labute approximate surface area is 292 Å². The molecule has 0 saturated carbocycles. The molecule has 0 unspecified atom stereocenters. The highest BCUT2D eigenvalue weighted by molar-refractivity contribution is 7.26. The second kappa shape index (κ2) is 19.3. The highest BCUT2D eigenvalue weighted by Crippen LogP contribution is 2.32. The lowest BCUT2D eigenvalue weighted by Crippen LogP contribution is -2.05. The molecule has 0 amide bonds. The van der Waals surface area contributed by atoms with Gasteiger partial charge in [-0.3, -0.25) is 0 Å². The number of rotatable bonds is 6. The van der Waals surface area contributed by atoms with Crippen LogP contribution < -0.4 is 0 Å². The molecule has 8 nitrogen and oxygen atoms in total. The highest BCUT2D eigenvalue weighted by Gasteiger charge is 2.14. The maximum Gasteiger partial charge on any atom is 0.373 e. The van der Waals surface area contributed by atoms with Crippen molar-refractivity contribution in [2.24, 2.45) is 0 Å². The van der Waals surface area contributed by atoms with E-state index >= 15 is 0 Å². The molecule has 8 bridgehead atoms. The van der Waals surface area contributed by atoms with Gasteiger partial charge in [-0.1, -0.05) is 13.8 Å². The summed E-state index contributed by atoms with van der Waals surface area (Å²) in [5, 5.41) is 0. The van der Waals surface area contributed by atoms with E-state index in [0.717, 1.165) is 61.6 Å². The van der Waals surface area contributed by atoms with E-state index in [1.54, 1.807) is 45.3 Å². The van der Waals surface area contributed by atoms with Gasteiger partial charge in [0.25, 0.3) is 0 Å². The van der Waals surface area contributed by atoms with Crippen molar-refractivity contribution in [3.63, 3.8) is 0 Å². The van der Waals surface area contributed by atoms with Crippen LogP contribution in [-0.4, -0.2) is 37.5 Å². The molecule has 4 heterocycles. The zero-order valence-corrected chi connectivity index (χ0v) is 29.9. The number of hydrogen-bond acceptors (Lipinski definition) is 12. The van der Waals surface area contributed by atoms with Crippen LogP contribution in [0.3, 0.4) is 0 Å². The van der Waals surface area contributed by atoms with Crippen LogP contribution in [0, 0.1) is 0 Å². The molecule has 12 heteroatoms. The number of carbonyl (C=O) groups is 2. The fraction of sp³-hybridized carbons (Fsp3) is 0.222. The number of aryl methyl sites for hydroxylation is 2. The van der Waals surface area contributed by atoms with Crippen LogP contribution in [0.25, 0.3) is 37.6 Å². The zero-order chi connectivity index (χ0) is 35.1. The lowest BCUT2D eigenvalue weighted by atomic mass is 10.1. The van der Waals surface area contributed by atoms with E-state index in [1.165, 1.54) is 0 Å². The van der Waals surface area contributed by atoms with Crippen LogP contribution in [0.15, 0.2) is 72.8 Å². The molecule has 8 aromatic rings. The van der Waals surface area contributed by atoms with E-state index in [4.69, 9.17) is 28.7 Å². The Balaban J connectivity index is 0.000000969. The SMILES string of the molecule is CCOC(=O)c1cc(CC)c2cc1sc1ccc(cc1)sc1cc(sc3ccc(cc3)s2)c(CC)cc1C(=O)OCC.O=C=O.O=C=O. The topological polar surface area (TPSA) is 121 Å². The lowest BCUT2D eigenvalue weighted by Gasteiger charge is -2.08. The number of benzene rings is 4. The molecule has 48 heavy (non-hydrogen) atoms. The summed E-state index contributed by atoms with van der Waals surface area (Å²) in [6, 6.07) is 25.1. The molecular weight excluding hydrogens is 689 g/mol. The third kappa shape index (κ3) is 10.2. The Morgan fingerprint density at radius 2 is 0.771 bits per heavy atom. The first-order valence-electron chi connectivity index (χ1n) is 14.8. The Kier molecular flexibility index (Phi) is 15.3. The van der Waals surface area contributed by atoms with Gasteiger partial charge in [0.1, 0.15) is 0 Å². The van der Waals surface area contributed by atoms with Crippen molar-refractivity contribution in [2.75, 3.05) is 13.2 Å². The Morgan fingerprint density at radius 1 is 0.500 bits per heavy atom. The second-order valence-corrected chi connectivity index (χ2v) is 14.0. The fourth-order valence-corrected chi connectivity index (χ4v) is 8.65. The first-order chi connectivity index (χ1) is 23.2. The largest absolute Gasteiger partial charge is 0.462 e. The van der Waals surface area contributed by atoms with Crippen LogP contribution in [0.2, 0.25) is 0 Å². The summed E-state index contributed by atoms with van der Waals surface area (Å²) in [5.41, 5.74) is 3.41. The molecule has 0 aliphatic heterocycles. The Hall–Kier alpha value is -4.54. The molecule has 0 aliphatic carbocycles. The second-order valence-electron chi connectivity index (χ2n) is 9.58. The molecular formula is C36H32O8S4. The monoisotopic (exact) mass is 720 g/mol. The number of carbonyl (C=O) groups excluding carboxylic acids is 6. The average Bonchev–Trinajstić information content (AvgIpc) is 3.07. The lowest BCUT2D eigenvalue weighted by molar-refractivity contribution is -0.193. The average molecular weight is 721 g/mol. The Morgan fingerprint density at radius 3 is 1.02 bits per heavy atom. The van der Waals surface area contributed by atoms with Crippen LogP contribution in [0.5, 0.6) is 0 Å². The van der Waals surface area contributed by atoms with E-state index in [1.807, 2.05) is 26.0 Å². The van der Waals surface area contributed by atoms with Gasteiger partial charge in [-0.15, -0.1) is 45.3 Å². The van der Waals surface area contributed by atoms with Gasteiger partial charge in [0.05, 0.1) is 24.3 Å². The number of ether oxygens (including phenoxy) is 2. The summed E-state index contributed by atoms with van der Waals surface area (Å²) in [4.78, 5) is 58.5. The first kappa shape index (κ1) is 37.9. The predicted octanol–water partition coefficient (Wildman–Crippen LogP) is 9.67.